The van der Waals surface area contributed by atoms with E-state index in [1.54, 1.807) is 18.2 Å². The Bertz CT molecular complexity index is 853. The van der Waals surface area contributed by atoms with Gasteiger partial charge in [0.05, 0.1) is 23.8 Å². The van der Waals surface area contributed by atoms with Crippen molar-refractivity contribution < 1.29 is 27.4 Å². The van der Waals surface area contributed by atoms with Crippen LogP contribution in [0.1, 0.15) is 50.4 Å². The number of nitrogens with zero attached hydrogens (tertiary/aromatic N) is 1. The summed E-state index contributed by atoms with van der Waals surface area (Å²) in [6, 6.07) is 9.15. The first-order valence-corrected chi connectivity index (χ1v) is 10.5. The number of aliphatic hydroxyl groups excluding tert-OH is 1. The van der Waals surface area contributed by atoms with Crippen molar-refractivity contribution in [3.63, 3.8) is 0 Å². The lowest BCUT2D eigenvalue weighted by molar-refractivity contribution is -0.137. The molecule has 1 aromatic heterocycles. The Balaban J connectivity index is 1.44. The Morgan fingerprint density at radius 2 is 1.97 bits per heavy atom. The van der Waals surface area contributed by atoms with Crippen LogP contribution in [0, 0.1) is 0 Å². The predicted octanol–water partition coefficient (Wildman–Crippen LogP) is 5.25. The van der Waals surface area contributed by atoms with E-state index < -0.39 is 17.8 Å². The minimum atomic E-state index is -4.44. The van der Waals surface area contributed by atoms with Gasteiger partial charge < -0.3 is 14.3 Å². The Morgan fingerprint density at radius 1 is 1.20 bits per heavy atom. The number of rotatable bonds is 8. The summed E-state index contributed by atoms with van der Waals surface area (Å²) < 4.78 is 51.5. The maximum Gasteiger partial charge on any atom is 0.417 e. The molecule has 1 N–H and O–H groups in total. The Labute approximate surface area is 174 Å². The van der Waals surface area contributed by atoms with Crippen molar-refractivity contribution in [3.05, 3.63) is 47.7 Å². The lowest BCUT2D eigenvalue weighted by Crippen LogP contribution is -2.38. The van der Waals surface area contributed by atoms with Gasteiger partial charge in [-0.15, -0.1) is 0 Å². The second-order valence-electron chi connectivity index (χ2n) is 8.73. The van der Waals surface area contributed by atoms with E-state index in [2.05, 4.69) is 4.90 Å². The number of aliphatic hydroxyl groups is 1. The largest absolute Gasteiger partial charge is 0.460 e. The van der Waals surface area contributed by atoms with Crippen LogP contribution in [0.4, 0.5) is 13.2 Å². The van der Waals surface area contributed by atoms with Crippen LogP contribution in [0.2, 0.25) is 0 Å². The molecule has 1 saturated carbocycles. The minimum Gasteiger partial charge on any atom is -0.460 e. The first-order chi connectivity index (χ1) is 14.2. The molecule has 1 aromatic carbocycles. The van der Waals surface area contributed by atoms with Gasteiger partial charge in [0.2, 0.25) is 0 Å². The van der Waals surface area contributed by atoms with Crippen LogP contribution in [0.25, 0.3) is 11.3 Å². The van der Waals surface area contributed by atoms with Gasteiger partial charge in [-0.2, -0.15) is 13.2 Å². The van der Waals surface area contributed by atoms with Crippen molar-refractivity contribution >= 4 is 0 Å². The maximum absolute atomic E-state index is 13.3. The highest BCUT2D eigenvalue weighted by atomic mass is 19.4. The van der Waals surface area contributed by atoms with Crippen LogP contribution in [0.3, 0.4) is 0 Å². The minimum absolute atomic E-state index is 0.0422. The summed E-state index contributed by atoms with van der Waals surface area (Å²) in [5.74, 6) is 0.811. The van der Waals surface area contributed by atoms with E-state index in [1.165, 1.54) is 12.1 Å². The second kappa shape index (κ2) is 8.36. The predicted molar refractivity (Wildman–Crippen MR) is 107 cm³/mol. The number of benzene rings is 1. The average Bonchev–Trinajstić information content (AvgIpc) is 3.29. The Morgan fingerprint density at radius 3 is 2.63 bits per heavy atom. The average molecular weight is 423 g/mol. The maximum atomic E-state index is 13.3. The molecule has 2 unspecified atom stereocenters. The van der Waals surface area contributed by atoms with Crippen molar-refractivity contribution in [1.82, 2.24) is 4.90 Å². The molecule has 1 aliphatic heterocycles. The van der Waals surface area contributed by atoms with Gasteiger partial charge in [-0.3, -0.25) is 4.90 Å². The number of alkyl halides is 3. The number of ether oxygens (including phenoxy) is 1. The molecule has 4 rings (SSSR count). The van der Waals surface area contributed by atoms with Gasteiger partial charge in [0.15, 0.2) is 0 Å². The van der Waals surface area contributed by atoms with Crippen LogP contribution in [0.5, 0.6) is 0 Å². The standard InChI is InChI=1S/C23H28F3NO3/c1-22(11-4-12-29-22)13-17(28)14-27(16-7-8-16)15-18-9-10-21(30-18)19-5-2-3-6-20(19)23(24,25)26/h2-3,5-6,9-10,16-17,28H,4,7-8,11-15H2,1H3. The number of halogens is 3. The lowest BCUT2D eigenvalue weighted by atomic mass is 9.95. The van der Waals surface area contributed by atoms with Gasteiger partial charge in [0.25, 0.3) is 0 Å². The molecular formula is C23H28F3NO3. The van der Waals surface area contributed by atoms with Gasteiger partial charge in [-0.1, -0.05) is 18.2 Å². The Kier molecular flexibility index (Phi) is 5.97. The molecule has 0 spiro atoms. The second-order valence-corrected chi connectivity index (χ2v) is 8.73. The summed E-state index contributed by atoms with van der Waals surface area (Å²) in [6.07, 6.45) is -0.285. The summed E-state index contributed by atoms with van der Waals surface area (Å²) in [6.45, 7) is 3.75. The van der Waals surface area contributed by atoms with E-state index in [0.29, 0.717) is 31.3 Å². The summed E-state index contributed by atoms with van der Waals surface area (Å²) in [5, 5.41) is 10.6. The normalized spacial score (nSPS) is 23.3. The highest BCUT2D eigenvalue weighted by Crippen LogP contribution is 2.38. The summed E-state index contributed by atoms with van der Waals surface area (Å²) >= 11 is 0. The van der Waals surface area contributed by atoms with Crippen LogP contribution < -0.4 is 0 Å². The van der Waals surface area contributed by atoms with Crippen molar-refractivity contribution in [3.8, 4) is 11.3 Å². The molecule has 30 heavy (non-hydrogen) atoms. The van der Waals surface area contributed by atoms with E-state index >= 15 is 0 Å². The van der Waals surface area contributed by atoms with Gasteiger partial charge >= 0.3 is 6.18 Å². The fourth-order valence-electron chi connectivity index (χ4n) is 4.37. The molecule has 2 fully saturated rings. The molecule has 2 heterocycles. The molecule has 0 amide bonds. The molecule has 0 bridgehead atoms. The summed E-state index contributed by atoms with van der Waals surface area (Å²) in [7, 11) is 0. The zero-order valence-electron chi connectivity index (χ0n) is 17.1. The van der Waals surface area contributed by atoms with Gasteiger partial charge in [-0.05, 0) is 50.8 Å². The zero-order chi connectivity index (χ0) is 21.4. The fraction of sp³-hybridized carbons (Fsp3) is 0.565. The first kappa shape index (κ1) is 21.4. The zero-order valence-corrected chi connectivity index (χ0v) is 17.1. The summed E-state index contributed by atoms with van der Waals surface area (Å²) in [5.41, 5.74) is -0.931. The van der Waals surface area contributed by atoms with E-state index in [9.17, 15) is 18.3 Å². The number of furan rings is 1. The van der Waals surface area contributed by atoms with Gasteiger partial charge in [0, 0.05) is 31.2 Å². The van der Waals surface area contributed by atoms with Crippen LogP contribution in [0.15, 0.2) is 40.8 Å². The van der Waals surface area contributed by atoms with Crippen LogP contribution >= 0.6 is 0 Å². The first-order valence-electron chi connectivity index (χ1n) is 10.5. The lowest BCUT2D eigenvalue weighted by Gasteiger charge is -2.29. The third-order valence-corrected chi connectivity index (χ3v) is 5.99. The van der Waals surface area contributed by atoms with E-state index in [1.807, 2.05) is 6.92 Å². The van der Waals surface area contributed by atoms with Crippen molar-refractivity contribution in [2.75, 3.05) is 13.2 Å². The topological polar surface area (TPSA) is 45.8 Å². The third kappa shape index (κ3) is 5.07. The number of hydrogen-bond donors (Lipinski definition) is 1. The van der Waals surface area contributed by atoms with E-state index in [0.717, 1.165) is 38.4 Å². The van der Waals surface area contributed by atoms with E-state index in [4.69, 9.17) is 9.15 Å². The van der Waals surface area contributed by atoms with E-state index in [-0.39, 0.29) is 16.9 Å². The molecule has 1 saturated heterocycles. The third-order valence-electron chi connectivity index (χ3n) is 5.99. The molecule has 2 aromatic rings. The molecule has 0 radical (unpaired) electrons. The Hall–Kier alpha value is -1.83. The van der Waals surface area contributed by atoms with Crippen LogP contribution in [-0.4, -0.2) is 40.9 Å². The number of hydrogen-bond acceptors (Lipinski definition) is 4. The van der Waals surface area contributed by atoms with Gasteiger partial charge in [-0.25, -0.2) is 0 Å². The quantitative estimate of drug-likeness (QED) is 0.630. The molecule has 4 nitrogen and oxygen atoms in total. The fourth-order valence-corrected chi connectivity index (χ4v) is 4.37. The molecule has 164 valence electrons. The molecule has 1 aliphatic carbocycles. The molecule has 2 aliphatic rings. The highest BCUT2D eigenvalue weighted by Gasteiger charge is 2.36. The van der Waals surface area contributed by atoms with Gasteiger partial charge in [0.1, 0.15) is 11.5 Å². The SMILES string of the molecule is CC1(CC(O)CN(Cc2ccc(-c3ccccc3C(F)(F)F)o2)C2CC2)CCCO1. The highest BCUT2D eigenvalue weighted by molar-refractivity contribution is 5.63. The smallest absolute Gasteiger partial charge is 0.417 e. The molecular weight excluding hydrogens is 395 g/mol. The molecule has 7 heteroatoms. The van der Waals surface area contributed by atoms with Crippen molar-refractivity contribution in [2.45, 2.75) is 69.5 Å². The van der Waals surface area contributed by atoms with Crippen LogP contribution in [-0.2, 0) is 17.5 Å². The molecule has 2 atom stereocenters. The summed E-state index contributed by atoms with van der Waals surface area (Å²) in [4.78, 5) is 2.17. The van der Waals surface area contributed by atoms with Crippen molar-refractivity contribution in [2.24, 2.45) is 0 Å². The monoisotopic (exact) mass is 423 g/mol. The van der Waals surface area contributed by atoms with Crippen molar-refractivity contribution in [1.29, 1.82) is 0 Å².